The van der Waals surface area contributed by atoms with Crippen LogP contribution in [0.15, 0.2) is 0 Å². The first-order valence-electron chi connectivity index (χ1n) is 7.77. The molecule has 1 fully saturated rings. The van der Waals surface area contributed by atoms with E-state index >= 15 is 0 Å². The van der Waals surface area contributed by atoms with Gasteiger partial charge in [-0.25, -0.2) is 0 Å². The molecule has 0 aliphatic carbocycles. The number of hydrogen-bond donors (Lipinski definition) is 3. The van der Waals surface area contributed by atoms with E-state index < -0.39 is 0 Å². The summed E-state index contributed by atoms with van der Waals surface area (Å²) in [5.41, 5.74) is 0. The summed E-state index contributed by atoms with van der Waals surface area (Å²) < 4.78 is 0. The molecule has 108 valence electrons. The SMILES string of the molecule is CCC[C@@H](O)C[C@@H]1CCC[C@H](C[C@@H](O)CCC)N1. The van der Waals surface area contributed by atoms with E-state index in [9.17, 15) is 10.2 Å². The van der Waals surface area contributed by atoms with Crippen LogP contribution in [0.2, 0.25) is 0 Å². The van der Waals surface area contributed by atoms with E-state index in [4.69, 9.17) is 0 Å². The molecule has 0 aromatic carbocycles. The van der Waals surface area contributed by atoms with Gasteiger partial charge in [0.25, 0.3) is 0 Å². The summed E-state index contributed by atoms with van der Waals surface area (Å²) in [7, 11) is 0. The first kappa shape index (κ1) is 15.9. The Balaban J connectivity index is 2.27. The van der Waals surface area contributed by atoms with Crippen molar-refractivity contribution in [3.8, 4) is 0 Å². The van der Waals surface area contributed by atoms with Crippen LogP contribution in [0.25, 0.3) is 0 Å². The first-order chi connectivity index (χ1) is 8.65. The molecule has 1 saturated heterocycles. The molecule has 0 amide bonds. The molecule has 0 unspecified atom stereocenters. The molecule has 0 saturated carbocycles. The third-order valence-electron chi connectivity index (χ3n) is 3.93. The predicted octanol–water partition coefficient (Wildman–Crippen LogP) is 2.60. The number of rotatable bonds is 8. The first-order valence-corrected chi connectivity index (χ1v) is 7.77. The summed E-state index contributed by atoms with van der Waals surface area (Å²) in [6, 6.07) is 0.887. The van der Waals surface area contributed by atoms with Gasteiger partial charge >= 0.3 is 0 Å². The van der Waals surface area contributed by atoms with Crippen LogP contribution >= 0.6 is 0 Å². The van der Waals surface area contributed by atoms with Crippen molar-refractivity contribution in [2.24, 2.45) is 0 Å². The van der Waals surface area contributed by atoms with Gasteiger partial charge in [-0.05, 0) is 38.5 Å². The quantitative estimate of drug-likeness (QED) is 0.626. The Labute approximate surface area is 112 Å². The van der Waals surface area contributed by atoms with Gasteiger partial charge in [0, 0.05) is 12.1 Å². The second-order valence-corrected chi connectivity index (χ2v) is 5.85. The largest absolute Gasteiger partial charge is 0.393 e. The number of aliphatic hydroxyl groups is 2. The average Bonchev–Trinajstić information content (AvgIpc) is 2.29. The van der Waals surface area contributed by atoms with Crippen LogP contribution in [0.5, 0.6) is 0 Å². The summed E-state index contributed by atoms with van der Waals surface area (Å²) in [4.78, 5) is 0. The van der Waals surface area contributed by atoms with Crippen molar-refractivity contribution < 1.29 is 10.2 Å². The highest BCUT2D eigenvalue weighted by molar-refractivity contribution is 4.83. The normalized spacial score (nSPS) is 28.0. The second kappa shape index (κ2) is 8.89. The number of aliphatic hydroxyl groups excluding tert-OH is 2. The molecule has 1 aliphatic rings. The summed E-state index contributed by atoms with van der Waals surface area (Å²) in [5, 5.41) is 23.3. The van der Waals surface area contributed by atoms with E-state index in [1.165, 1.54) is 19.3 Å². The molecule has 3 N–H and O–H groups in total. The molecule has 18 heavy (non-hydrogen) atoms. The molecule has 0 spiro atoms. The van der Waals surface area contributed by atoms with Crippen molar-refractivity contribution in [2.75, 3.05) is 0 Å². The fraction of sp³-hybridized carbons (Fsp3) is 1.00. The van der Waals surface area contributed by atoms with Crippen molar-refractivity contribution in [1.29, 1.82) is 0 Å². The van der Waals surface area contributed by atoms with Crippen molar-refractivity contribution in [1.82, 2.24) is 5.32 Å². The third-order valence-corrected chi connectivity index (χ3v) is 3.93. The molecule has 4 atom stereocenters. The fourth-order valence-corrected chi connectivity index (χ4v) is 3.04. The van der Waals surface area contributed by atoms with Gasteiger partial charge in [-0.2, -0.15) is 0 Å². The van der Waals surface area contributed by atoms with Crippen molar-refractivity contribution in [3.63, 3.8) is 0 Å². The molecule has 3 heteroatoms. The minimum Gasteiger partial charge on any atom is -0.393 e. The Hall–Kier alpha value is -0.120. The van der Waals surface area contributed by atoms with Crippen LogP contribution in [0.4, 0.5) is 0 Å². The van der Waals surface area contributed by atoms with Gasteiger partial charge in [-0.1, -0.05) is 33.1 Å². The molecule has 1 heterocycles. The van der Waals surface area contributed by atoms with E-state index in [-0.39, 0.29) is 12.2 Å². The third kappa shape index (κ3) is 6.17. The number of nitrogens with one attached hydrogen (secondary N) is 1. The Morgan fingerprint density at radius 3 is 1.78 bits per heavy atom. The minimum atomic E-state index is -0.160. The standard InChI is InChI=1S/C15H31NO2/c1-3-6-14(17)10-12-8-5-9-13(16-12)11-15(18)7-4-2/h12-18H,3-11H2,1-2H3/t12-,13+,14+,15-. The van der Waals surface area contributed by atoms with Crippen LogP contribution < -0.4 is 5.32 Å². The van der Waals surface area contributed by atoms with Gasteiger partial charge in [-0.15, -0.1) is 0 Å². The molecule has 0 bridgehead atoms. The fourth-order valence-electron chi connectivity index (χ4n) is 3.04. The maximum absolute atomic E-state index is 9.86. The lowest BCUT2D eigenvalue weighted by molar-refractivity contribution is 0.107. The molecular weight excluding hydrogens is 226 g/mol. The van der Waals surface area contributed by atoms with E-state index in [0.717, 1.165) is 38.5 Å². The van der Waals surface area contributed by atoms with Crippen molar-refractivity contribution in [2.45, 2.75) is 95.9 Å². The van der Waals surface area contributed by atoms with Crippen LogP contribution in [-0.4, -0.2) is 34.5 Å². The van der Waals surface area contributed by atoms with E-state index in [1.54, 1.807) is 0 Å². The highest BCUT2D eigenvalue weighted by atomic mass is 16.3. The Kier molecular flexibility index (Phi) is 7.87. The van der Waals surface area contributed by atoms with Gasteiger partial charge in [0.15, 0.2) is 0 Å². The van der Waals surface area contributed by atoms with Crippen LogP contribution in [0.3, 0.4) is 0 Å². The highest BCUT2D eigenvalue weighted by Crippen LogP contribution is 2.21. The number of hydrogen-bond acceptors (Lipinski definition) is 3. The molecule has 1 aliphatic heterocycles. The molecular formula is C15H31NO2. The average molecular weight is 257 g/mol. The van der Waals surface area contributed by atoms with Crippen LogP contribution in [0, 0.1) is 0 Å². The topological polar surface area (TPSA) is 52.5 Å². The molecule has 3 nitrogen and oxygen atoms in total. The van der Waals surface area contributed by atoms with Crippen molar-refractivity contribution in [3.05, 3.63) is 0 Å². The smallest absolute Gasteiger partial charge is 0.0555 e. The predicted molar refractivity (Wildman–Crippen MR) is 75.6 cm³/mol. The summed E-state index contributed by atoms with van der Waals surface area (Å²) in [6.45, 7) is 4.23. The van der Waals surface area contributed by atoms with Gasteiger partial charge < -0.3 is 15.5 Å². The maximum Gasteiger partial charge on any atom is 0.0555 e. The molecule has 1 rings (SSSR count). The zero-order valence-electron chi connectivity index (χ0n) is 12.1. The highest BCUT2D eigenvalue weighted by Gasteiger charge is 2.24. The Bertz CT molecular complexity index is 191. The monoisotopic (exact) mass is 257 g/mol. The summed E-state index contributed by atoms with van der Waals surface area (Å²) in [6.07, 6.45) is 8.88. The minimum absolute atomic E-state index is 0.160. The molecule has 0 radical (unpaired) electrons. The van der Waals surface area contributed by atoms with Gasteiger partial charge in [0.1, 0.15) is 0 Å². The zero-order valence-corrected chi connectivity index (χ0v) is 12.1. The lowest BCUT2D eigenvalue weighted by atomic mass is 9.91. The lowest BCUT2D eigenvalue weighted by Crippen LogP contribution is -2.45. The zero-order chi connectivity index (χ0) is 13.4. The second-order valence-electron chi connectivity index (χ2n) is 5.85. The van der Waals surface area contributed by atoms with Crippen molar-refractivity contribution >= 4 is 0 Å². The lowest BCUT2D eigenvalue weighted by Gasteiger charge is -2.33. The molecule has 0 aromatic heterocycles. The Morgan fingerprint density at radius 2 is 1.39 bits per heavy atom. The van der Waals surface area contributed by atoms with Gasteiger partial charge in [0.05, 0.1) is 12.2 Å². The maximum atomic E-state index is 9.86. The van der Waals surface area contributed by atoms with E-state index in [2.05, 4.69) is 19.2 Å². The van der Waals surface area contributed by atoms with E-state index in [1.807, 2.05) is 0 Å². The van der Waals surface area contributed by atoms with Crippen LogP contribution in [-0.2, 0) is 0 Å². The Morgan fingerprint density at radius 1 is 0.944 bits per heavy atom. The summed E-state index contributed by atoms with van der Waals surface area (Å²) in [5.74, 6) is 0. The van der Waals surface area contributed by atoms with Gasteiger partial charge in [-0.3, -0.25) is 0 Å². The summed E-state index contributed by atoms with van der Waals surface area (Å²) >= 11 is 0. The van der Waals surface area contributed by atoms with Gasteiger partial charge in [0.2, 0.25) is 0 Å². The number of piperidine rings is 1. The van der Waals surface area contributed by atoms with Crippen LogP contribution in [0.1, 0.15) is 71.6 Å². The van der Waals surface area contributed by atoms with E-state index in [0.29, 0.717) is 12.1 Å². The molecule has 0 aromatic rings.